The first-order valence-corrected chi connectivity index (χ1v) is 15.1. The smallest absolute Gasteiger partial charge is 0.420 e. The van der Waals surface area contributed by atoms with E-state index >= 15 is 0 Å². The highest BCUT2D eigenvalue weighted by Crippen LogP contribution is 2.17. The van der Waals surface area contributed by atoms with E-state index in [4.69, 9.17) is 24.7 Å². The normalized spacial score (nSPS) is 12.0. The molecule has 0 saturated carbocycles. The summed E-state index contributed by atoms with van der Waals surface area (Å²) in [5, 5.41) is 5.77. The van der Waals surface area contributed by atoms with Crippen LogP contribution in [0, 0.1) is 0 Å². The Labute approximate surface area is 265 Å². The highest BCUT2D eigenvalue weighted by Gasteiger charge is 2.39. The summed E-state index contributed by atoms with van der Waals surface area (Å²) in [5.74, 6) is -0.228. The molecule has 0 aliphatic heterocycles. The molecule has 1 unspecified atom stereocenters. The number of imide groups is 1. The molecule has 2 aromatic carbocycles. The molecule has 4 amide bonds. The summed E-state index contributed by atoms with van der Waals surface area (Å²) in [5.41, 5.74) is 5.82. The highest BCUT2D eigenvalue weighted by atomic mass is 16.6. The largest absolute Gasteiger partial charge is 0.492 e. The number of carbonyl (C=O) groups excluding carboxylic acids is 4. The minimum atomic E-state index is -1.34. The second-order valence-corrected chi connectivity index (χ2v) is 12.4. The molecule has 0 saturated heterocycles. The Balaban J connectivity index is 1.73. The maximum atomic E-state index is 12.8. The number of amides is 4. The first kappa shape index (κ1) is 36.9. The fraction of sp³-hybridized carbons (Fsp3) is 0.515. The Morgan fingerprint density at radius 3 is 1.96 bits per heavy atom. The number of nitrogens with one attached hydrogen (secondary N) is 2. The van der Waals surface area contributed by atoms with Crippen molar-refractivity contribution in [3.8, 4) is 5.75 Å². The van der Waals surface area contributed by atoms with Gasteiger partial charge in [-0.2, -0.15) is 4.90 Å². The molecule has 0 heterocycles. The van der Waals surface area contributed by atoms with Crippen molar-refractivity contribution in [2.75, 3.05) is 26.2 Å². The molecule has 0 bridgehead atoms. The van der Waals surface area contributed by atoms with Gasteiger partial charge in [0.05, 0.1) is 0 Å². The predicted octanol–water partition coefficient (Wildman–Crippen LogP) is 4.93. The number of ether oxygens (including phenoxy) is 4. The first-order valence-electron chi connectivity index (χ1n) is 15.1. The second kappa shape index (κ2) is 17.8. The van der Waals surface area contributed by atoms with Gasteiger partial charge in [0.15, 0.2) is 0 Å². The number of rotatable bonds is 15. The SMILES string of the molecule is CC(C)(C)OC(=O)N(C(=O)OC(C)(C)C)C(CNCCOc1ccc(CCCCNC(=O)OCc2ccccc2)cc1)C(N)=O. The third kappa shape index (κ3) is 15.3. The molecular weight excluding hydrogens is 580 g/mol. The number of primary amides is 1. The van der Waals surface area contributed by atoms with Crippen LogP contribution >= 0.6 is 0 Å². The van der Waals surface area contributed by atoms with Gasteiger partial charge in [0.25, 0.3) is 0 Å². The van der Waals surface area contributed by atoms with E-state index in [1.807, 2.05) is 54.6 Å². The Kier molecular flexibility index (Phi) is 14.6. The lowest BCUT2D eigenvalue weighted by molar-refractivity contribution is -0.123. The van der Waals surface area contributed by atoms with Gasteiger partial charge < -0.3 is 35.3 Å². The van der Waals surface area contributed by atoms with E-state index in [-0.39, 0.29) is 19.8 Å². The van der Waals surface area contributed by atoms with Gasteiger partial charge >= 0.3 is 18.3 Å². The van der Waals surface area contributed by atoms with Crippen molar-refractivity contribution in [3.05, 3.63) is 65.7 Å². The summed E-state index contributed by atoms with van der Waals surface area (Å²) in [4.78, 5) is 50.4. The molecule has 248 valence electrons. The number of nitrogens with zero attached hydrogens (tertiary/aromatic N) is 1. The predicted molar refractivity (Wildman–Crippen MR) is 170 cm³/mol. The number of alkyl carbamates (subject to hydrolysis) is 1. The van der Waals surface area contributed by atoms with Gasteiger partial charge in [0, 0.05) is 19.6 Å². The molecule has 0 spiro atoms. The minimum absolute atomic E-state index is 0.115. The topological polar surface area (TPSA) is 159 Å². The summed E-state index contributed by atoms with van der Waals surface area (Å²) in [6.07, 6.45) is 0.0722. The van der Waals surface area contributed by atoms with E-state index < -0.39 is 41.4 Å². The fourth-order valence-corrected chi connectivity index (χ4v) is 3.92. The van der Waals surface area contributed by atoms with Gasteiger partial charge in [0.2, 0.25) is 5.91 Å². The maximum absolute atomic E-state index is 12.8. The maximum Gasteiger partial charge on any atom is 0.420 e. The molecule has 0 aromatic heterocycles. The molecule has 0 fully saturated rings. The summed E-state index contributed by atoms with van der Waals surface area (Å²) in [6.45, 7) is 11.1. The van der Waals surface area contributed by atoms with Crippen LogP contribution in [0.1, 0.15) is 65.5 Å². The Hall–Kier alpha value is -4.32. The quantitative estimate of drug-likeness (QED) is 0.184. The zero-order valence-corrected chi connectivity index (χ0v) is 27.2. The van der Waals surface area contributed by atoms with Gasteiger partial charge in [-0.15, -0.1) is 0 Å². The fourth-order valence-electron chi connectivity index (χ4n) is 3.92. The van der Waals surface area contributed by atoms with Crippen LogP contribution in [-0.2, 0) is 32.0 Å². The molecular formula is C33H48N4O8. The lowest BCUT2D eigenvalue weighted by Crippen LogP contribution is -2.57. The molecule has 4 N–H and O–H groups in total. The first-order chi connectivity index (χ1) is 21.1. The van der Waals surface area contributed by atoms with E-state index in [0.29, 0.717) is 23.7 Å². The van der Waals surface area contributed by atoms with Crippen molar-refractivity contribution in [2.24, 2.45) is 5.73 Å². The van der Waals surface area contributed by atoms with Crippen LogP contribution in [0.5, 0.6) is 5.75 Å². The van der Waals surface area contributed by atoms with E-state index in [1.165, 1.54) is 0 Å². The van der Waals surface area contributed by atoms with E-state index in [0.717, 1.165) is 30.4 Å². The zero-order chi connectivity index (χ0) is 33.5. The average molecular weight is 629 g/mol. The van der Waals surface area contributed by atoms with Gasteiger partial charge in [0.1, 0.15) is 36.2 Å². The molecule has 12 nitrogen and oxygen atoms in total. The van der Waals surface area contributed by atoms with Crippen LogP contribution in [0.4, 0.5) is 14.4 Å². The third-order valence-electron chi connectivity index (χ3n) is 6.00. The van der Waals surface area contributed by atoms with E-state index in [9.17, 15) is 19.2 Å². The van der Waals surface area contributed by atoms with Gasteiger partial charge in [-0.1, -0.05) is 42.5 Å². The summed E-state index contributed by atoms with van der Waals surface area (Å²) >= 11 is 0. The van der Waals surface area contributed by atoms with Crippen LogP contribution < -0.4 is 21.1 Å². The number of unbranched alkanes of at least 4 members (excludes halogenated alkanes) is 1. The minimum Gasteiger partial charge on any atom is -0.492 e. The van der Waals surface area contributed by atoms with Gasteiger partial charge in [-0.05, 0) is 84.1 Å². The van der Waals surface area contributed by atoms with Crippen molar-refractivity contribution in [1.29, 1.82) is 0 Å². The van der Waals surface area contributed by atoms with Crippen molar-refractivity contribution >= 4 is 24.2 Å². The van der Waals surface area contributed by atoms with Crippen LogP contribution in [0.3, 0.4) is 0 Å². The van der Waals surface area contributed by atoms with Gasteiger partial charge in [-0.3, -0.25) is 4.79 Å². The van der Waals surface area contributed by atoms with Crippen molar-refractivity contribution in [1.82, 2.24) is 15.5 Å². The van der Waals surface area contributed by atoms with Crippen LogP contribution in [0.2, 0.25) is 0 Å². The number of hydrogen-bond donors (Lipinski definition) is 3. The number of carbonyl (C=O) groups is 4. The van der Waals surface area contributed by atoms with Crippen molar-refractivity contribution in [3.63, 3.8) is 0 Å². The molecule has 2 aromatic rings. The molecule has 12 heteroatoms. The summed E-state index contributed by atoms with van der Waals surface area (Å²) in [6, 6.07) is 15.9. The Bertz CT molecular complexity index is 1200. The third-order valence-corrected chi connectivity index (χ3v) is 6.00. The molecule has 2 rings (SSSR count). The van der Waals surface area contributed by atoms with E-state index in [1.54, 1.807) is 41.5 Å². The zero-order valence-electron chi connectivity index (χ0n) is 27.2. The number of hydrogen-bond acceptors (Lipinski definition) is 9. The molecule has 45 heavy (non-hydrogen) atoms. The van der Waals surface area contributed by atoms with Crippen molar-refractivity contribution in [2.45, 2.75) is 84.7 Å². The van der Waals surface area contributed by atoms with Crippen LogP contribution in [-0.4, -0.2) is 72.6 Å². The Morgan fingerprint density at radius 1 is 0.800 bits per heavy atom. The monoisotopic (exact) mass is 628 g/mol. The van der Waals surface area contributed by atoms with Crippen LogP contribution in [0.15, 0.2) is 54.6 Å². The Morgan fingerprint density at radius 2 is 1.40 bits per heavy atom. The average Bonchev–Trinajstić information content (AvgIpc) is 2.94. The standard InChI is InChI=1S/C33H48N4O8/c1-32(2,3)44-30(40)37(31(41)45-33(4,5)6)27(28(34)38)22-35-20-21-42-26-17-15-24(16-18-26)12-10-11-19-36-29(39)43-23-25-13-8-7-9-14-25/h7-9,13-18,27,35H,10-12,19-23H2,1-6H3,(H2,34,38)(H,36,39). The summed E-state index contributed by atoms with van der Waals surface area (Å²) < 4.78 is 21.7. The van der Waals surface area contributed by atoms with E-state index in [2.05, 4.69) is 10.6 Å². The van der Waals surface area contributed by atoms with Gasteiger partial charge in [-0.25, -0.2) is 14.4 Å². The number of nitrogens with two attached hydrogens (primary N) is 1. The molecule has 1 atom stereocenters. The summed E-state index contributed by atoms with van der Waals surface area (Å²) in [7, 11) is 0. The number of aryl methyl sites for hydroxylation is 1. The lowest BCUT2D eigenvalue weighted by atomic mass is 10.1. The van der Waals surface area contributed by atoms with Crippen LogP contribution in [0.25, 0.3) is 0 Å². The number of benzene rings is 2. The highest BCUT2D eigenvalue weighted by molar-refractivity contribution is 5.95. The second-order valence-electron chi connectivity index (χ2n) is 12.4. The lowest BCUT2D eigenvalue weighted by Gasteiger charge is -2.32. The molecule has 0 radical (unpaired) electrons. The molecule has 0 aliphatic carbocycles. The van der Waals surface area contributed by atoms with Crippen molar-refractivity contribution < 1.29 is 38.1 Å². The molecule has 0 aliphatic rings.